The topological polar surface area (TPSA) is 95.5 Å². The molecule has 6 nitrogen and oxygen atoms in total. The van der Waals surface area contributed by atoms with Crippen molar-refractivity contribution < 1.29 is 19.5 Å². The number of carbonyl (C=O) groups is 3. The Bertz CT molecular complexity index is 629. The van der Waals surface area contributed by atoms with E-state index in [1.54, 1.807) is 26.0 Å². The van der Waals surface area contributed by atoms with Crippen LogP contribution in [0.25, 0.3) is 0 Å². The predicted octanol–water partition coefficient (Wildman–Crippen LogP) is 3.31. The van der Waals surface area contributed by atoms with Gasteiger partial charge in [0.05, 0.1) is 17.7 Å². The van der Waals surface area contributed by atoms with Crippen LogP contribution in [0.4, 0.5) is 5.69 Å². The van der Waals surface area contributed by atoms with E-state index in [2.05, 4.69) is 10.6 Å². The molecule has 0 aliphatic heterocycles. The van der Waals surface area contributed by atoms with Crippen LogP contribution in [0.15, 0.2) is 18.2 Å². The number of halogens is 1. The van der Waals surface area contributed by atoms with Crippen molar-refractivity contribution in [2.75, 3.05) is 11.9 Å². The Labute approximate surface area is 146 Å². The first-order chi connectivity index (χ1) is 11.1. The molecule has 0 aromatic heterocycles. The molecule has 0 aliphatic rings. The lowest BCUT2D eigenvalue weighted by Crippen LogP contribution is -2.28. The number of carboxylic acids is 1. The summed E-state index contributed by atoms with van der Waals surface area (Å²) < 4.78 is 0. The van der Waals surface area contributed by atoms with Gasteiger partial charge in [-0.1, -0.05) is 32.4 Å². The van der Waals surface area contributed by atoms with Crippen LogP contribution in [0, 0.1) is 5.41 Å². The maximum atomic E-state index is 12.2. The number of rotatable bonds is 8. The second kappa shape index (κ2) is 8.68. The lowest BCUT2D eigenvalue weighted by molar-refractivity contribution is -0.139. The van der Waals surface area contributed by atoms with Crippen LogP contribution < -0.4 is 10.6 Å². The van der Waals surface area contributed by atoms with E-state index in [4.69, 9.17) is 16.7 Å². The van der Waals surface area contributed by atoms with Gasteiger partial charge in [-0.2, -0.15) is 0 Å². The summed E-state index contributed by atoms with van der Waals surface area (Å²) in [6.45, 7) is 5.87. The first-order valence-electron chi connectivity index (χ1n) is 7.74. The lowest BCUT2D eigenvalue weighted by Gasteiger charge is -2.22. The van der Waals surface area contributed by atoms with E-state index in [1.807, 2.05) is 6.92 Å². The van der Waals surface area contributed by atoms with Crippen molar-refractivity contribution in [2.45, 2.75) is 40.0 Å². The van der Waals surface area contributed by atoms with Crippen LogP contribution in [-0.2, 0) is 9.59 Å². The molecule has 7 heteroatoms. The smallest absolute Gasteiger partial charge is 0.303 e. The van der Waals surface area contributed by atoms with Crippen LogP contribution >= 0.6 is 11.6 Å². The highest BCUT2D eigenvalue weighted by molar-refractivity contribution is 6.31. The van der Waals surface area contributed by atoms with E-state index < -0.39 is 11.4 Å². The Morgan fingerprint density at radius 2 is 1.88 bits per heavy atom. The first kappa shape index (κ1) is 20.0. The van der Waals surface area contributed by atoms with Crippen LogP contribution in [0.5, 0.6) is 0 Å². The molecule has 132 valence electrons. The maximum absolute atomic E-state index is 12.2. The normalized spacial score (nSPS) is 11.0. The number of hydrogen-bond donors (Lipinski definition) is 3. The third-order valence-electron chi connectivity index (χ3n) is 3.30. The van der Waals surface area contributed by atoms with E-state index in [1.165, 1.54) is 6.07 Å². The van der Waals surface area contributed by atoms with Crippen molar-refractivity contribution in [3.63, 3.8) is 0 Å². The fraction of sp³-hybridized carbons (Fsp3) is 0.471. The third kappa shape index (κ3) is 6.58. The molecule has 0 atom stereocenters. The van der Waals surface area contributed by atoms with Gasteiger partial charge >= 0.3 is 5.97 Å². The highest BCUT2D eigenvalue weighted by atomic mass is 35.5. The van der Waals surface area contributed by atoms with Gasteiger partial charge in [-0.05, 0) is 30.0 Å². The molecule has 0 saturated heterocycles. The zero-order valence-electron chi connectivity index (χ0n) is 14.1. The fourth-order valence-electron chi connectivity index (χ4n) is 2.25. The number of hydrogen-bond acceptors (Lipinski definition) is 3. The molecule has 0 spiro atoms. The van der Waals surface area contributed by atoms with E-state index in [-0.39, 0.29) is 24.7 Å². The van der Waals surface area contributed by atoms with Crippen molar-refractivity contribution in [3.8, 4) is 0 Å². The Morgan fingerprint density at radius 1 is 1.21 bits per heavy atom. The standard InChI is InChI=1S/C17H23ClN2O4/c1-4-7-19-16(24)12-6-5-11(18)8-13(12)20-14(21)9-17(2,3)10-15(22)23/h5-6,8H,4,7,9-10H2,1-3H3,(H,19,24)(H,20,21)(H,22,23). The third-order valence-corrected chi connectivity index (χ3v) is 3.54. The maximum Gasteiger partial charge on any atom is 0.303 e. The summed E-state index contributed by atoms with van der Waals surface area (Å²) in [6, 6.07) is 4.63. The largest absolute Gasteiger partial charge is 0.481 e. The Balaban J connectivity index is 2.89. The number of carbonyl (C=O) groups excluding carboxylic acids is 2. The quantitative estimate of drug-likeness (QED) is 0.667. The molecule has 0 unspecified atom stereocenters. The molecule has 0 radical (unpaired) electrons. The summed E-state index contributed by atoms with van der Waals surface area (Å²) >= 11 is 5.95. The molecular formula is C17H23ClN2O4. The van der Waals surface area contributed by atoms with Gasteiger partial charge in [-0.3, -0.25) is 14.4 Å². The van der Waals surface area contributed by atoms with Gasteiger partial charge in [0.1, 0.15) is 0 Å². The summed E-state index contributed by atoms with van der Waals surface area (Å²) in [5, 5.41) is 14.7. The SMILES string of the molecule is CCCNC(=O)c1ccc(Cl)cc1NC(=O)CC(C)(C)CC(=O)O. The lowest BCUT2D eigenvalue weighted by atomic mass is 9.85. The molecule has 0 bridgehead atoms. The first-order valence-corrected chi connectivity index (χ1v) is 8.12. The van der Waals surface area contributed by atoms with E-state index in [0.29, 0.717) is 22.8 Å². The van der Waals surface area contributed by atoms with Crippen molar-refractivity contribution in [3.05, 3.63) is 28.8 Å². The molecular weight excluding hydrogens is 332 g/mol. The summed E-state index contributed by atoms with van der Waals surface area (Å²) in [6.07, 6.45) is 0.687. The summed E-state index contributed by atoms with van der Waals surface area (Å²) in [5.41, 5.74) is -0.0662. The Morgan fingerprint density at radius 3 is 2.46 bits per heavy atom. The van der Waals surface area contributed by atoms with Crippen molar-refractivity contribution in [1.29, 1.82) is 0 Å². The van der Waals surface area contributed by atoms with Crippen LogP contribution in [0.1, 0.15) is 50.4 Å². The number of benzene rings is 1. The Kier molecular flexibility index (Phi) is 7.22. The van der Waals surface area contributed by atoms with Crippen molar-refractivity contribution in [2.24, 2.45) is 5.41 Å². The van der Waals surface area contributed by atoms with Gasteiger partial charge in [0.25, 0.3) is 5.91 Å². The number of carboxylic acid groups (broad SMARTS) is 1. The van der Waals surface area contributed by atoms with Crippen molar-refractivity contribution >= 4 is 35.1 Å². The van der Waals surface area contributed by atoms with E-state index >= 15 is 0 Å². The molecule has 1 aromatic rings. The molecule has 1 rings (SSSR count). The van der Waals surface area contributed by atoms with Gasteiger partial charge in [-0.15, -0.1) is 0 Å². The Hall–Kier alpha value is -2.08. The zero-order chi connectivity index (χ0) is 18.3. The predicted molar refractivity (Wildman–Crippen MR) is 93.4 cm³/mol. The van der Waals surface area contributed by atoms with Crippen LogP contribution in [-0.4, -0.2) is 29.4 Å². The van der Waals surface area contributed by atoms with Gasteiger partial charge < -0.3 is 15.7 Å². The average molecular weight is 355 g/mol. The molecule has 2 amide bonds. The van der Waals surface area contributed by atoms with Gasteiger partial charge in [-0.25, -0.2) is 0 Å². The van der Waals surface area contributed by atoms with E-state index in [0.717, 1.165) is 6.42 Å². The highest BCUT2D eigenvalue weighted by Gasteiger charge is 2.26. The summed E-state index contributed by atoms with van der Waals surface area (Å²) in [5.74, 6) is -1.63. The minimum Gasteiger partial charge on any atom is -0.481 e. The van der Waals surface area contributed by atoms with Crippen LogP contribution in [0.2, 0.25) is 5.02 Å². The fourth-order valence-corrected chi connectivity index (χ4v) is 2.42. The molecule has 24 heavy (non-hydrogen) atoms. The van der Waals surface area contributed by atoms with Gasteiger partial charge in [0, 0.05) is 18.0 Å². The number of nitrogens with one attached hydrogen (secondary N) is 2. The second-order valence-electron chi connectivity index (χ2n) is 6.41. The van der Waals surface area contributed by atoms with E-state index in [9.17, 15) is 14.4 Å². The summed E-state index contributed by atoms with van der Waals surface area (Å²) in [4.78, 5) is 35.2. The number of amides is 2. The number of aliphatic carboxylic acids is 1. The summed E-state index contributed by atoms with van der Waals surface area (Å²) in [7, 11) is 0. The molecule has 1 aromatic carbocycles. The zero-order valence-corrected chi connectivity index (χ0v) is 14.9. The monoisotopic (exact) mass is 354 g/mol. The molecule has 0 heterocycles. The molecule has 0 fully saturated rings. The molecule has 0 saturated carbocycles. The van der Waals surface area contributed by atoms with Crippen LogP contribution in [0.3, 0.4) is 0 Å². The minimum atomic E-state index is -0.963. The molecule has 3 N–H and O–H groups in total. The highest BCUT2D eigenvalue weighted by Crippen LogP contribution is 2.27. The van der Waals surface area contributed by atoms with Gasteiger partial charge in [0.2, 0.25) is 5.91 Å². The van der Waals surface area contributed by atoms with Crippen molar-refractivity contribution in [1.82, 2.24) is 5.32 Å². The minimum absolute atomic E-state index is 0.0157. The number of anilines is 1. The average Bonchev–Trinajstić information content (AvgIpc) is 2.42. The molecule has 0 aliphatic carbocycles. The van der Waals surface area contributed by atoms with Gasteiger partial charge in [0.15, 0.2) is 0 Å². The second-order valence-corrected chi connectivity index (χ2v) is 6.84.